The number of rotatable bonds is 4. The number of benzene rings is 2. The van der Waals surface area contributed by atoms with Crippen LogP contribution in [0.1, 0.15) is 17.7 Å². The van der Waals surface area contributed by atoms with E-state index < -0.39 is 32.9 Å². The van der Waals surface area contributed by atoms with Crippen LogP contribution in [0.4, 0.5) is 13.2 Å². The molecule has 0 amide bonds. The van der Waals surface area contributed by atoms with Crippen molar-refractivity contribution in [3.8, 4) is 22.4 Å². The molecule has 0 aliphatic carbocycles. The normalized spacial score (nSPS) is 12.0. The molecule has 0 saturated heterocycles. The summed E-state index contributed by atoms with van der Waals surface area (Å²) in [7, 11) is -4.30. The zero-order valence-electron chi connectivity index (χ0n) is 13.7. The van der Waals surface area contributed by atoms with E-state index >= 15 is 0 Å². The first-order valence-corrected chi connectivity index (χ1v) is 9.39. The van der Waals surface area contributed by atoms with Crippen LogP contribution >= 0.6 is 11.6 Å². The number of sulfonamides is 1. The lowest BCUT2D eigenvalue weighted by Crippen LogP contribution is -2.14. The Bertz CT molecular complexity index is 1130. The lowest BCUT2D eigenvalue weighted by Gasteiger charge is -2.08. The summed E-state index contributed by atoms with van der Waals surface area (Å²) in [5, 5.41) is 9.09. The average molecular weight is 417 g/mol. The van der Waals surface area contributed by atoms with Gasteiger partial charge in [0.05, 0.1) is 5.56 Å². The maximum atomic E-state index is 14.2. The van der Waals surface area contributed by atoms with Crippen molar-refractivity contribution in [3.05, 3.63) is 58.6 Å². The van der Waals surface area contributed by atoms with Crippen molar-refractivity contribution in [1.29, 1.82) is 0 Å². The zero-order chi connectivity index (χ0) is 19.9. The Morgan fingerprint density at radius 2 is 1.81 bits per heavy atom. The number of nitrogens with zero attached hydrogens (tertiary/aromatic N) is 1. The lowest BCUT2D eigenvalue weighted by atomic mass is 9.98. The fraction of sp³-hybridized carbons (Fsp3) is 0.118. The van der Waals surface area contributed by atoms with Gasteiger partial charge in [0.2, 0.25) is 15.8 Å². The minimum atomic E-state index is -4.30. The summed E-state index contributed by atoms with van der Waals surface area (Å²) in [4.78, 5) is -0.745. The summed E-state index contributed by atoms with van der Waals surface area (Å²) < 4.78 is 68.5. The molecule has 1 aromatic heterocycles. The van der Waals surface area contributed by atoms with Crippen LogP contribution in [0.15, 0.2) is 45.8 Å². The second-order valence-corrected chi connectivity index (χ2v) is 7.66. The molecule has 0 radical (unpaired) electrons. The molecule has 10 heteroatoms. The van der Waals surface area contributed by atoms with Crippen LogP contribution in [-0.4, -0.2) is 13.6 Å². The van der Waals surface area contributed by atoms with Gasteiger partial charge < -0.3 is 4.52 Å². The topological polar surface area (TPSA) is 86.2 Å². The smallest absolute Gasteiger partial charge is 0.298 e. The van der Waals surface area contributed by atoms with Crippen molar-refractivity contribution in [3.63, 3.8) is 0 Å². The second-order valence-electron chi connectivity index (χ2n) is 5.73. The molecule has 2 aromatic carbocycles. The van der Waals surface area contributed by atoms with Crippen molar-refractivity contribution in [2.24, 2.45) is 5.14 Å². The van der Waals surface area contributed by atoms with Crippen LogP contribution in [0.2, 0.25) is 5.02 Å². The van der Waals surface area contributed by atoms with Gasteiger partial charge in [0.1, 0.15) is 16.4 Å². The molecule has 0 atom stereocenters. The van der Waals surface area contributed by atoms with Gasteiger partial charge in [0.25, 0.3) is 6.43 Å². The Labute approximate surface area is 157 Å². The third-order valence-corrected chi connectivity index (χ3v) is 5.24. The first-order chi connectivity index (χ1) is 12.6. The predicted octanol–water partition coefficient (Wildman–Crippen LogP) is 4.69. The quantitative estimate of drug-likeness (QED) is 0.668. The molecule has 3 rings (SSSR count). The highest BCUT2D eigenvalue weighted by Gasteiger charge is 2.27. The number of halogens is 4. The summed E-state index contributed by atoms with van der Waals surface area (Å²) in [6.45, 7) is 1.72. The van der Waals surface area contributed by atoms with Crippen LogP contribution in [0, 0.1) is 12.7 Å². The van der Waals surface area contributed by atoms with Crippen molar-refractivity contribution >= 4 is 21.6 Å². The minimum Gasteiger partial charge on any atom is -0.354 e. The molecular weight excluding hydrogens is 405 g/mol. The predicted molar refractivity (Wildman–Crippen MR) is 93.4 cm³/mol. The molecule has 5 nitrogen and oxygen atoms in total. The molecule has 0 spiro atoms. The van der Waals surface area contributed by atoms with Gasteiger partial charge in [0, 0.05) is 10.6 Å². The van der Waals surface area contributed by atoms with Crippen LogP contribution < -0.4 is 5.14 Å². The third-order valence-electron chi connectivity index (χ3n) is 3.88. The molecule has 27 heavy (non-hydrogen) atoms. The first-order valence-electron chi connectivity index (χ1n) is 7.46. The van der Waals surface area contributed by atoms with E-state index in [0.29, 0.717) is 16.1 Å². The highest BCUT2D eigenvalue weighted by Crippen LogP contribution is 2.40. The van der Waals surface area contributed by atoms with Gasteiger partial charge in [-0.05, 0) is 42.3 Å². The SMILES string of the molecule is Cc1cc(-c2noc(C(F)F)c2-c2ccc(S(N)(=O)=O)c(F)c2)ccc1Cl. The van der Waals surface area contributed by atoms with Gasteiger partial charge in [-0.1, -0.05) is 28.9 Å². The van der Waals surface area contributed by atoms with E-state index in [1.807, 2.05) is 0 Å². The summed E-state index contributed by atoms with van der Waals surface area (Å²) in [6.07, 6.45) is -3.02. The Morgan fingerprint density at radius 3 is 2.37 bits per heavy atom. The highest BCUT2D eigenvalue weighted by molar-refractivity contribution is 7.89. The largest absolute Gasteiger partial charge is 0.354 e. The molecule has 0 fully saturated rings. The minimum absolute atomic E-state index is 0.0287. The maximum Gasteiger partial charge on any atom is 0.298 e. The Kier molecular flexibility index (Phi) is 5.02. The number of alkyl halides is 2. The van der Waals surface area contributed by atoms with Gasteiger partial charge >= 0.3 is 0 Å². The van der Waals surface area contributed by atoms with Crippen molar-refractivity contribution in [1.82, 2.24) is 5.16 Å². The Morgan fingerprint density at radius 1 is 1.15 bits per heavy atom. The fourth-order valence-corrected chi connectivity index (χ4v) is 3.31. The number of aromatic nitrogens is 1. The Balaban J connectivity index is 2.24. The molecule has 0 bridgehead atoms. The number of aryl methyl sites for hydroxylation is 1. The van der Waals surface area contributed by atoms with Gasteiger partial charge in [-0.15, -0.1) is 0 Å². The van der Waals surface area contributed by atoms with Gasteiger partial charge in [-0.2, -0.15) is 0 Å². The number of hydrogen-bond acceptors (Lipinski definition) is 4. The van der Waals surface area contributed by atoms with E-state index in [1.54, 1.807) is 25.1 Å². The van der Waals surface area contributed by atoms with Crippen molar-refractivity contribution in [2.45, 2.75) is 18.2 Å². The summed E-state index contributed by atoms with van der Waals surface area (Å²) in [5.74, 6) is -1.94. The molecule has 0 aliphatic heterocycles. The van der Waals surface area contributed by atoms with E-state index in [0.717, 1.165) is 18.2 Å². The van der Waals surface area contributed by atoms with Gasteiger partial charge in [-0.3, -0.25) is 0 Å². The number of hydrogen-bond donors (Lipinski definition) is 1. The zero-order valence-corrected chi connectivity index (χ0v) is 15.3. The van der Waals surface area contributed by atoms with Crippen LogP contribution in [0.3, 0.4) is 0 Å². The molecular formula is C17H12ClF3N2O3S. The summed E-state index contributed by atoms with van der Waals surface area (Å²) >= 11 is 5.98. The van der Waals surface area contributed by atoms with Gasteiger partial charge in [0.15, 0.2) is 0 Å². The second kappa shape index (κ2) is 6.99. The van der Waals surface area contributed by atoms with E-state index in [2.05, 4.69) is 5.16 Å². The van der Waals surface area contributed by atoms with Crippen molar-refractivity contribution < 1.29 is 26.1 Å². The average Bonchev–Trinajstić information content (AvgIpc) is 3.01. The molecule has 3 aromatic rings. The summed E-state index contributed by atoms with van der Waals surface area (Å²) in [5.41, 5.74) is 0.981. The molecule has 142 valence electrons. The van der Waals surface area contributed by atoms with Crippen LogP contribution in [-0.2, 0) is 10.0 Å². The summed E-state index contributed by atoms with van der Waals surface area (Å²) in [6, 6.07) is 7.60. The van der Waals surface area contributed by atoms with Crippen LogP contribution in [0.5, 0.6) is 0 Å². The van der Waals surface area contributed by atoms with E-state index in [4.69, 9.17) is 21.3 Å². The lowest BCUT2D eigenvalue weighted by molar-refractivity contribution is 0.113. The fourth-order valence-electron chi connectivity index (χ4n) is 2.61. The number of nitrogens with two attached hydrogens (primary N) is 1. The van der Waals surface area contributed by atoms with Crippen LogP contribution in [0.25, 0.3) is 22.4 Å². The van der Waals surface area contributed by atoms with E-state index in [9.17, 15) is 21.6 Å². The Hall–Kier alpha value is -2.36. The molecule has 2 N–H and O–H groups in total. The molecule has 0 aliphatic rings. The number of primary sulfonamides is 1. The molecule has 1 heterocycles. The van der Waals surface area contributed by atoms with Gasteiger partial charge in [-0.25, -0.2) is 26.7 Å². The van der Waals surface area contributed by atoms with E-state index in [1.165, 1.54) is 0 Å². The monoisotopic (exact) mass is 416 g/mol. The van der Waals surface area contributed by atoms with E-state index in [-0.39, 0.29) is 16.8 Å². The third kappa shape index (κ3) is 3.71. The standard InChI is InChI=1S/C17H12ClF3N2O3S/c1-8-6-10(2-4-11(8)18)15-14(16(17(20)21)26-23-15)9-3-5-13(12(19)7-9)27(22,24)25/h2-7,17H,1H3,(H2,22,24,25). The highest BCUT2D eigenvalue weighted by atomic mass is 35.5. The first kappa shape index (κ1) is 19.4. The molecule has 0 saturated carbocycles. The maximum absolute atomic E-state index is 14.2. The molecule has 0 unspecified atom stereocenters. The van der Waals surface area contributed by atoms with Crippen molar-refractivity contribution in [2.75, 3.05) is 0 Å².